The molecule has 114 valence electrons. The van der Waals surface area contributed by atoms with Gasteiger partial charge in [0.25, 0.3) is 5.88 Å². The molecule has 0 amide bonds. The highest BCUT2D eigenvalue weighted by molar-refractivity contribution is 9.10. The van der Waals surface area contributed by atoms with Gasteiger partial charge in [-0.25, -0.2) is 15.0 Å². The third-order valence-electron chi connectivity index (χ3n) is 2.50. The van der Waals surface area contributed by atoms with Gasteiger partial charge in [0.1, 0.15) is 16.9 Å². The number of ether oxygens (including phenoxy) is 1. The molecule has 0 bridgehead atoms. The Morgan fingerprint density at radius 2 is 2.09 bits per heavy atom. The van der Waals surface area contributed by atoms with E-state index < -0.39 is 0 Å². The molecule has 0 unspecified atom stereocenters. The zero-order valence-corrected chi connectivity index (χ0v) is 14.3. The first-order chi connectivity index (χ1) is 10.3. The second-order valence-corrected chi connectivity index (χ2v) is 6.53. The normalized spacial score (nSPS) is 10.7. The van der Waals surface area contributed by atoms with Crippen LogP contribution in [-0.4, -0.2) is 15.0 Å². The van der Waals surface area contributed by atoms with Crippen molar-refractivity contribution < 1.29 is 4.74 Å². The van der Waals surface area contributed by atoms with E-state index in [0.717, 1.165) is 5.56 Å². The third-order valence-corrected chi connectivity index (χ3v) is 2.89. The standard InChI is InChI=1S/C16H17BrN4O/c1-16(2,3)6-4-12-8-11(5-7-19-12)10-22-15-14(18)20-9-13(17)21-15/h5,7-9H,10H2,1-3H3,(H2,18,20). The molecule has 2 heterocycles. The van der Waals surface area contributed by atoms with Crippen molar-refractivity contribution in [3.05, 3.63) is 40.4 Å². The van der Waals surface area contributed by atoms with Crippen molar-refractivity contribution in [2.75, 3.05) is 5.73 Å². The van der Waals surface area contributed by atoms with Crippen molar-refractivity contribution in [1.29, 1.82) is 0 Å². The van der Waals surface area contributed by atoms with E-state index in [2.05, 4.69) is 63.5 Å². The molecule has 0 fully saturated rings. The highest BCUT2D eigenvalue weighted by atomic mass is 79.9. The van der Waals surface area contributed by atoms with Gasteiger partial charge in [0.2, 0.25) is 0 Å². The van der Waals surface area contributed by atoms with Crippen LogP contribution >= 0.6 is 15.9 Å². The summed E-state index contributed by atoms with van der Waals surface area (Å²) in [5.41, 5.74) is 7.32. The van der Waals surface area contributed by atoms with E-state index in [1.165, 1.54) is 6.20 Å². The molecule has 0 aromatic carbocycles. The van der Waals surface area contributed by atoms with Crippen LogP contribution in [0.25, 0.3) is 0 Å². The smallest absolute Gasteiger partial charge is 0.258 e. The van der Waals surface area contributed by atoms with Crippen LogP contribution in [0, 0.1) is 17.3 Å². The van der Waals surface area contributed by atoms with Gasteiger partial charge >= 0.3 is 0 Å². The van der Waals surface area contributed by atoms with Crippen LogP contribution in [0.1, 0.15) is 32.0 Å². The van der Waals surface area contributed by atoms with Gasteiger partial charge in [-0.3, -0.25) is 0 Å². The Hall–Kier alpha value is -2.13. The first-order valence-electron chi connectivity index (χ1n) is 6.72. The molecule has 6 heteroatoms. The summed E-state index contributed by atoms with van der Waals surface area (Å²) in [6.07, 6.45) is 3.23. The van der Waals surface area contributed by atoms with E-state index in [9.17, 15) is 0 Å². The van der Waals surface area contributed by atoms with Gasteiger partial charge in [-0.2, -0.15) is 0 Å². The van der Waals surface area contributed by atoms with Gasteiger partial charge in [-0.05, 0) is 60.3 Å². The zero-order valence-electron chi connectivity index (χ0n) is 12.7. The van der Waals surface area contributed by atoms with Crippen molar-refractivity contribution in [3.8, 4) is 17.7 Å². The van der Waals surface area contributed by atoms with Crippen LogP contribution in [0.3, 0.4) is 0 Å². The first-order valence-corrected chi connectivity index (χ1v) is 7.52. The molecular formula is C16H17BrN4O. The second kappa shape index (κ2) is 6.75. The Morgan fingerprint density at radius 1 is 1.32 bits per heavy atom. The van der Waals surface area contributed by atoms with Crippen LogP contribution in [-0.2, 0) is 6.61 Å². The first kappa shape index (κ1) is 16.2. The third kappa shape index (κ3) is 5.01. The minimum atomic E-state index is -0.0610. The fraction of sp³-hybridized carbons (Fsp3) is 0.312. The highest BCUT2D eigenvalue weighted by Gasteiger charge is 2.06. The molecule has 2 aromatic rings. The molecule has 0 radical (unpaired) electrons. The number of anilines is 1. The Labute approximate surface area is 138 Å². The van der Waals surface area contributed by atoms with E-state index >= 15 is 0 Å². The van der Waals surface area contributed by atoms with Gasteiger partial charge in [-0.15, -0.1) is 0 Å². The van der Waals surface area contributed by atoms with E-state index in [1.54, 1.807) is 6.20 Å². The van der Waals surface area contributed by atoms with Gasteiger partial charge in [-0.1, -0.05) is 5.92 Å². The largest absolute Gasteiger partial charge is 0.470 e. The number of nitrogen functional groups attached to an aromatic ring is 1. The van der Waals surface area contributed by atoms with E-state index in [0.29, 0.717) is 22.8 Å². The molecule has 0 saturated heterocycles. The molecule has 22 heavy (non-hydrogen) atoms. The lowest BCUT2D eigenvalue weighted by Crippen LogP contribution is -2.03. The number of hydrogen-bond donors (Lipinski definition) is 1. The summed E-state index contributed by atoms with van der Waals surface area (Å²) in [6.45, 7) is 6.49. The number of halogens is 1. The zero-order chi connectivity index (χ0) is 16.2. The van der Waals surface area contributed by atoms with Crippen LogP contribution in [0.5, 0.6) is 5.88 Å². The fourth-order valence-electron chi connectivity index (χ4n) is 1.50. The summed E-state index contributed by atoms with van der Waals surface area (Å²) >= 11 is 3.24. The lowest BCUT2D eigenvalue weighted by atomic mass is 9.98. The summed E-state index contributed by atoms with van der Waals surface area (Å²) in [7, 11) is 0. The quantitative estimate of drug-likeness (QED) is 0.850. The highest BCUT2D eigenvalue weighted by Crippen LogP contribution is 2.19. The van der Waals surface area contributed by atoms with Crippen LogP contribution < -0.4 is 10.5 Å². The SMILES string of the molecule is CC(C)(C)C#Cc1cc(COc2nc(Br)cnc2N)ccn1. The number of hydrogen-bond acceptors (Lipinski definition) is 5. The second-order valence-electron chi connectivity index (χ2n) is 5.72. The van der Waals surface area contributed by atoms with Crippen molar-refractivity contribution in [2.24, 2.45) is 5.41 Å². The minimum absolute atomic E-state index is 0.0610. The average molecular weight is 361 g/mol. The summed E-state index contributed by atoms with van der Waals surface area (Å²) in [6, 6.07) is 3.75. The van der Waals surface area contributed by atoms with Gasteiger partial charge in [0, 0.05) is 11.6 Å². The molecule has 0 spiro atoms. The Balaban J connectivity index is 2.10. The van der Waals surface area contributed by atoms with Crippen molar-refractivity contribution in [1.82, 2.24) is 15.0 Å². The molecule has 0 aliphatic rings. The summed E-state index contributed by atoms with van der Waals surface area (Å²) in [5.74, 6) is 6.77. The Bertz CT molecular complexity index is 729. The number of nitrogens with two attached hydrogens (primary N) is 1. The molecule has 0 aliphatic heterocycles. The number of aromatic nitrogens is 3. The maximum atomic E-state index is 5.72. The summed E-state index contributed by atoms with van der Waals surface area (Å²) in [4.78, 5) is 12.4. The van der Waals surface area contributed by atoms with Crippen LogP contribution in [0.4, 0.5) is 5.82 Å². The van der Waals surface area contributed by atoms with Gasteiger partial charge in [0.15, 0.2) is 5.82 Å². The fourth-order valence-corrected chi connectivity index (χ4v) is 1.77. The molecule has 0 saturated carbocycles. The molecule has 5 nitrogen and oxygen atoms in total. The van der Waals surface area contributed by atoms with E-state index in [1.807, 2.05) is 12.1 Å². The maximum Gasteiger partial charge on any atom is 0.258 e. The van der Waals surface area contributed by atoms with Crippen molar-refractivity contribution >= 4 is 21.7 Å². The number of nitrogens with zero attached hydrogens (tertiary/aromatic N) is 3. The summed E-state index contributed by atoms with van der Waals surface area (Å²) < 4.78 is 6.17. The van der Waals surface area contributed by atoms with Crippen molar-refractivity contribution in [2.45, 2.75) is 27.4 Å². The Morgan fingerprint density at radius 3 is 2.82 bits per heavy atom. The Kier molecular flexibility index (Phi) is 4.99. The monoisotopic (exact) mass is 360 g/mol. The molecular weight excluding hydrogens is 344 g/mol. The minimum Gasteiger partial charge on any atom is -0.470 e. The number of rotatable bonds is 3. The molecule has 0 aliphatic carbocycles. The van der Waals surface area contributed by atoms with Crippen LogP contribution in [0.15, 0.2) is 29.1 Å². The summed E-state index contributed by atoms with van der Waals surface area (Å²) in [5, 5.41) is 0. The van der Waals surface area contributed by atoms with Crippen molar-refractivity contribution in [3.63, 3.8) is 0 Å². The van der Waals surface area contributed by atoms with E-state index in [4.69, 9.17) is 10.5 Å². The maximum absolute atomic E-state index is 5.72. The average Bonchev–Trinajstić information content (AvgIpc) is 2.46. The molecule has 2 aromatic heterocycles. The number of pyridine rings is 1. The molecule has 2 N–H and O–H groups in total. The predicted molar refractivity (Wildman–Crippen MR) is 89.0 cm³/mol. The van der Waals surface area contributed by atoms with Crippen LogP contribution in [0.2, 0.25) is 0 Å². The lowest BCUT2D eigenvalue weighted by molar-refractivity contribution is 0.294. The van der Waals surface area contributed by atoms with E-state index in [-0.39, 0.29) is 11.2 Å². The predicted octanol–water partition coefficient (Wildman–Crippen LogP) is 3.19. The molecule has 2 rings (SSSR count). The lowest BCUT2D eigenvalue weighted by Gasteiger charge is -2.08. The topological polar surface area (TPSA) is 73.9 Å². The van der Waals surface area contributed by atoms with Gasteiger partial charge in [0.05, 0.1) is 6.20 Å². The van der Waals surface area contributed by atoms with Gasteiger partial charge < -0.3 is 10.5 Å². The molecule has 0 atom stereocenters.